The largest absolute Gasteiger partial charge is 0.324 e. The molecule has 1 N–H and O–H groups in total. The Balaban J connectivity index is 1.97. The standard InChI is InChI=1S/C25H28N2O3S/c1-18(2)23-12-8-9-13-24(23)26-25(28)17-27(21-15-14-19(3)20(4)16-21)31(29,30)22-10-6-5-7-11-22/h5-16,18H,17H2,1-4H3,(H,26,28). The molecule has 3 rings (SSSR count). The van der Waals surface area contributed by atoms with Gasteiger partial charge in [0.25, 0.3) is 10.0 Å². The smallest absolute Gasteiger partial charge is 0.264 e. The van der Waals surface area contributed by atoms with Crippen molar-refractivity contribution in [1.29, 1.82) is 0 Å². The Morgan fingerprint density at radius 3 is 2.19 bits per heavy atom. The number of rotatable bonds is 7. The maximum atomic E-state index is 13.4. The van der Waals surface area contributed by atoms with Gasteiger partial charge in [0.05, 0.1) is 10.6 Å². The SMILES string of the molecule is Cc1ccc(N(CC(=O)Nc2ccccc2C(C)C)S(=O)(=O)c2ccccc2)cc1C. The fourth-order valence-corrected chi connectivity index (χ4v) is 4.78. The molecule has 0 aliphatic carbocycles. The number of benzene rings is 3. The minimum absolute atomic E-state index is 0.142. The summed E-state index contributed by atoms with van der Waals surface area (Å²) in [4.78, 5) is 13.1. The number of para-hydroxylation sites is 1. The van der Waals surface area contributed by atoms with Gasteiger partial charge in [0, 0.05) is 5.69 Å². The van der Waals surface area contributed by atoms with E-state index in [4.69, 9.17) is 0 Å². The number of carbonyl (C=O) groups is 1. The number of hydrogen-bond donors (Lipinski definition) is 1. The summed E-state index contributed by atoms with van der Waals surface area (Å²) in [5.41, 5.74) is 4.16. The molecule has 1 amide bonds. The van der Waals surface area contributed by atoms with Crippen LogP contribution in [0.1, 0.15) is 36.5 Å². The van der Waals surface area contributed by atoms with Crippen molar-refractivity contribution in [2.45, 2.75) is 38.5 Å². The quantitative estimate of drug-likeness (QED) is 0.549. The molecular formula is C25H28N2O3S. The number of amides is 1. The zero-order chi connectivity index (χ0) is 22.6. The van der Waals surface area contributed by atoms with Crippen molar-refractivity contribution in [3.63, 3.8) is 0 Å². The molecule has 0 radical (unpaired) electrons. The van der Waals surface area contributed by atoms with E-state index in [0.29, 0.717) is 11.4 Å². The normalized spacial score (nSPS) is 11.4. The Hall–Kier alpha value is -3.12. The Labute approximate surface area is 184 Å². The van der Waals surface area contributed by atoms with Crippen molar-refractivity contribution in [3.05, 3.63) is 89.5 Å². The molecule has 0 fully saturated rings. The van der Waals surface area contributed by atoms with Crippen molar-refractivity contribution in [2.75, 3.05) is 16.2 Å². The first kappa shape index (κ1) is 22.6. The van der Waals surface area contributed by atoms with Crippen molar-refractivity contribution in [3.8, 4) is 0 Å². The molecule has 0 bridgehead atoms. The summed E-state index contributed by atoms with van der Waals surface area (Å²) in [5, 5.41) is 2.90. The minimum atomic E-state index is -3.93. The van der Waals surface area contributed by atoms with Crippen LogP contribution < -0.4 is 9.62 Å². The van der Waals surface area contributed by atoms with Crippen LogP contribution in [0.2, 0.25) is 0 Å². The van der Waals surface area contributed by atoms with Crippen molar-refractivity contribution in [2.24, 2.45) is 0 Å². The second-order valence-electron chi connectivity index (χ2n) is 7.88. The minimum Gasteiger partial charge on any atom is -0.324 e. The van der Waals surface area contributed by atoms with Gasteiger partial charge in [-0.1, -0.05) is 56.3 Å². The second-order valence-corrected chi connectivity index (χ2v) is 9.75. The molecular weight excluding hydrogens is 408 g/mol. The van der Waals surface area contributed by atoms with Gasteiger partial charge >= 0.3 is 0 Å². The Kier molecular flexibility index (Phi) is 6.81. The summed E-state index contributed by atoms with van der Waals surface area (Å²) >= 11 is 0. The lowest BCUT2D eigenvalue weighted by Crippen LogP contribution is -2.38. The number of aryl methyl sites for hydroxylation is 2. The first-order chi connectivity index (χ1) is 14.7. The molecule has 0 aromatic heterocycles. The predicted octanol–water partition coefficient (Wildman–Crippen LogP) is 5.26. The van der Waals surface area contributed by atoms with Crippen molar-refractivity contribution in [1.82, 2.24) is 0 Å². The number of nitrogens with one attached hydrogen (secondary N) is 1. The number of nitrogens with zero attached hydrogens (tertiary/aromatic N) is 1. The van der Waals surface area contributed by atoms with E-state index in [1.165, 1.54) is 16.4 Å². The van der Waals surface area contributed by atoms with E-state index in [0.717, 1.165) is 16.7 Å². The van der Waals surface area contributed by atoms with Crippen molar-refractivity contribution < 1.29 is 13.2 Å². The second kappa shape index (κ2) is 9.35. The van der Waals surface area contributed by atoms with Gasteiger partial charge in [0.1, 0.15) is 6.54 Å². The van der Waals surface area contributed by atoms with Crippen LogP contribution in [0.5, 0.6) is 0 Å². The fourth-order valence-electron chi connectivity index (χ4n) is 3.35. The van der Waals surface area contributed by atoms with E-state index >= 15 is 0 Å². The monoisotopic (exact) mass is 436 g/mol. The summed E-state index contributed by atoms with van der Waals surface area (Å²) in [6, 6.07) is 21.1. The summed E-state index contributed by atoms with van der Waals surface area (Å²) < 4.78 is 28.0. The first-order valence-electron chi connectivity index (χ1n) is 10.2. The highest BCUT2D eigenvalue weighted by Crippen LogP contribution is 2.27. The third-order valence-electron chi connectivity index (χ3n) is 5.25. The summed E-state index contributed by atoms with van der Waals surface area (Å²) in [6.07, 6.45) is 0. The van der Waals surface area contributed by atoms with Gasteiger partial charge in [-0.15, -0.1) is 0 Å². The lowest BCUT2D eigenvalue weighted by molar-refractivity contribution is -0.114. The van der Waals surface area contributed by atoms with Crippen LogP contribution in [-0.2, 0) is 14.8 Å². The third-order valence-corrected chi connectivity index (χ3v) is 7.04. The lowest BCUT2D eigenvalue weighted by Gasteiger charge is -2.25. The molecule has 5 nitrogen and oxygen atoms in total. The molecule has 0 saturated carbocycles. The van der Waals surface area contributed by atoms with Gasteiger partial charge in [0.2, 0.25) is 5.91 Å². The maximum Gasteiger partial charge on any atom is 0.264 e. The van der Waals surface area contributed by atoms with E-state index in [1.807, 2.05) is 58.0 Å². The highest BCUT2D eigenvalue weighted by Gasteiger charge is 2.27. The highest BCUT2D eigenvalue weighted by molar-refractivity contribution is 7.92. The Bertz CT molecular complexity index is 1170. The number of sulfonamides is 1. The third kappa shape index (κ3) is 5.14. The van der Waals surface area contributed by atoms with Gasteiger partial charge in [-0.05, 0) is 66.8 Å². The van der Waals surface area contributed by atoms with Gasteiger partial charge in [-0.3, -0.25) is 9.10 Å². The van der Waals surface area contributed by atoms with Crippen molar-refractivity contribution >= 4 is 27.3 Å². The summed E-state index contributed by atoms with van der Waals surface area (Å²) in [7, 11) is -3.93. The van der Waals surface area contributed by atoms with E-state index in [1.54, 1.807) is 30.3 Å². The first-order valence-corrected chi connectivity index (χ1v) is 11.7. The zero-order valence-electron chi connectivity index (χ0n) is 18.3. The van der Waals surface area contributed by atoms with Crippen LogP contribution in [0.4, 0.5) is 11.4 Å². The summed E-state index contributed by atoms with van der Waals surface area (Å²) in [5.74, 6) is -0.175. The number of carbonyl (C=O) groups excluding carboxylic acids is 1. The average Bonchev–Trinajstić information content (AvgIpc) is 2.75. The van der Waals surface area contributed by atoms with Gasteiger partial charge in [-0.25, -0.2) is 8.42 Å². The van der Waals surface area contributed by atoms with Gasteiger partial charge in [0.15, 0.2) is 0 Å². The topological polar surface area (TPSA) is 66.5 Å². The van der Waals surface area contributed by atoms with Crippen LogP contribution in [0.15, 0.2) is 77.7 Å². The fraction of sp³-hybridized carbons (Fsp3) is 0.240. The summed E-state index contributed by atoms with van der Waals surface area (Å²) in [6.45, 7) is 7.65. The van der Waals surface area contributed by atoms with Crippen LogP contribution in [0, 0.1) is 13.8 Å². The molecule has 0 aliphatic heterocycles. The average molecular weight is 437 g/mol. The molecule has 162 valence electrons. The molecule has 0 heterocycles. The van der Waals surface area contributed by atoms with Crippen LogP contribution >= 0.6 is 0 Å². The van der Waals surface area contributed by atoms with E-state index in [9.17, 15) is 13.2 Å². The molecule has 0 spiro atoms. The van der Waals surface area contributed by atoms with E-state index < -0.39 is 15.9 Å². The van der Waals surface area contributed by atoms with Gasteiger partial charge < -0.3 is 5.32 Å². The van der Waals surface area contributed by atoms with Crippen LogP contribution in [-0.4, -0.2) is 20.9 Å². The molecule has 0 saturated heterocycles. The molecule has 0 aliphatic rings. The van der Waals surface area contributed by atoms with Crippen LogP contribution in [0.25, 0.3) is 0 Å². The Morgan fingerprint density at radius 1 is 0.903 bits per heavy atom. The van der Waals surface area contributed by atoms with Crippen LogP contribution in [0.3, 0.4) is 0 Å². The van der Waals surface area contributed by atoms with E-state index in [2.05, 4.69) is 5.32 Å². The Morgan fingerprint density at radius 2 is 1.55 bits per heavy atom. The zero-order valence-corrected chi connectivity index (χ0v) is 19.1. The van der Waals surface area contributed by atoms with Gasteiger partial charge in [-0.2, -0.15) is 0 Å². The molecule has 0 unspecified atom stereocenters. The highest BCUT2D eigenvalue weighted by atomic mass is 32.2. The molecule has 3 aromatic carbocycles. The molecule has 0 atom stereocenters. The number of hydrogen-bond acceptors (Lipinski definition) is 3. The number of anilines is 2. The molecule has 3 aromatic rings. The molecule has 31 heavy (non-hydrogen) atoms. The lowest BCUT2D eigenvalue weighted by atomic mass is 10.0. The maximum absolute atomic E-state index is 13.4. The molecule has 6 heteroatoms. The van der Waals surface area contributed by atoms with E-state index in [-0.39, 0.29) is 17.4 Å². The predicted molar refractivity (Wildman–Crippen MR) is 126 cm³/mol.